The maximum atomic E-state index is 14.8. The molecule has 0 nitrogen and oxygen atoms in total. The van der Waals surface area contributed by atoms with Gasteiger partial charge < -0.3 is 0 Å². The van der Waals surface area contributed by atoms with Crippen LogP contribution in [0.15, 0.2) is 60.7 Å². The first-order chi connectivity index (χ1) is 12.8. The van der Waals surface area contributed by atoms with Gasteiger partial charge in [0.15, 0.2) is 0 Å². The molecule has 0 amide bonds. The topological polar surface area (TPSA) is 0 Å². The van der Waals surface area contributed by atoms with E-state index in [-0.39, 0.29) is 11.1 Å². The highest BCUT2D eigenvalue weighted by molar-refractivity contribution is 5.75. The van der Waals surface area contributed by atoms with Gasteiger partial charge in [-0.25, -0.2) is 4.39 Å². The Morgan fingerprint density at radius 3 is 1.81 bits per heavy atom. The summed E-state index contributed by atoms with van der Waals surface area (Å²) in [6.45, 7) is 3.79. The fourth-order valence-electron chi connectivity index (χ4n) is 2.84. The molecule has 0 radical (unpaired) electrons. The summed E-state index contributed by atoms with van der Waals surface area (Å²) in [7, 11) is 0. The number of aryl methyl sites for hydroxylation is 2. The van der Waals surface area contributed by atoms with Gasteiger partial charge in [0, 0.05) is 5.56 Å². The van der Waals surface area contributed by atoms with E-state index in [1.165, 1.54) is 18.2 Å². The third-order valence-corrected chi connectivity index (χ3v) is 4.35. The second kappa shape index (κ2) is 7.39. The summed E-state index contributed by atoms with van der Waals surface area (Å²) in [5, 5.41) is 0. The average molecular weight is 370 g/mol. The molecule has 3 aromatic rings. The standard InChI is InChI=1S/C23H18F4/c1-15-3-7-17(8-4-15)9-12-19-13-14-20(18-10-5-16(2)6-11-18)22(24)21(19)23(25,26)27/h3-14H,1-2H3/b12-9+. The first kappa shape index (κ1) is 18.9. The van der Waals surface area contributed by atoms with Crippen molar-refractivity contribution in [3.63, 3.8) is 0 Å². The highest BCUT2D eigenvalue weighted by Gasteiger charge is 2.37. The molecule has 0 bridgehead atoms. The van der Waals surface area contributed by atoms with Crippen LogP contribution in [0.4, 0.5) is 17.6 Å². The van der Waals surface area contributed by atoms with Crippen LogP contribution in [0.1, 0.15) is 27.8 Å². The molecule has 0 fully saturated rings. The monoisotopic (exact) mass is 370 g/mol. The molecule has 0 spiro atoms. The van der Waals surface area contributed by atoms with Crippen LogP contribution in [-0.2, 0) is 6.18 Å². The summed E-state index contributed by atoms with van der Waals surface area (Å²) in [4.78, 5) is 0. The van der Waals surface area contributed by atoms with Crippen molar-refractivity contribution in [2.45, 2.75) is 20.0 Å². The molecular formula is C23H18F4. The predicted molar refractivity (Wildman–Crippen MR) is 102 cm³/mol. The van der Waals surface area contributed by atoms with Gasteiger partial charge in [-0.2, -0.15) is 13.2 Å². The zero-order valence-corrected chi connectivity index (χ0v) is 14.9. The minimum absolute atomic E-state index is 0.0604. The van der Waals surface area contributed by atoms with Crippen molar-refractivity contribution >= 4 is 12.2 Å². The number of rotatable bonds is 3. The molecule has 0 aliphatic heterocycles. The number of halogens is 4. The van der Waals surface area contributed by atoms with E-state index in [0.717, 1.165) is 16.7 Å². The second-order valence-corrected chi connectivity index (χ2v) is 6.50. The lowest BCUT2D eigenvalue weighted by Gasteiger charge is -2.15. The summed E-state index contributed by atoms with van der Waals surface area (Å²) in [5.41, 5.74) is 1.66. The molecular weight excluding hydrogens is 352 g/mol. The molecule has 0 saturated carbocycles. The molecule has 0 saturated heterocycles. The summed E-state index contributed by atoms with van der Waals surface area (Å²) in [5.74, 6) is -1.25. The third kappa shape index (κ3) is 4.27. The van der Waals surface area contributed by atoms with Crippen LogP contribution in [0.5, 0.6) is 0 Å². The van der Waals surface area contributed by atoms with Gasteiger partial charge in [0.1, 0.15) is 5.82 Å². The highest BCUT2D eigenvalue weighted by atomic mass is 19.4. The van der Waals surface area contributed by atoms with Crippen molar-refractivity contribution in [1.29, 1.82) is 0 Å². The van der Waals surface area contributed by atoms with Gasteiger partial charge in [-0.05, 0) is 30.5 Å². The smallest absolute Gasteiger partial charge is 0.206 e. The number of benzene rings is 3. The van der Waals surface area contributed by atoms with E-state index in [9.17, 15) is 17.6 Å². The van der Waals surface area contributed by atoms with E-state index in [1.54, 1.807) is 42.5 Å². The fourth-order valence-corrected chi connectivity index (χ4v) is 2.84. The van der Waals surface area contributed by atoms with Gasteiger partial charge in [-0.3, -0.25) is 0 Å². The molecule has 0 aromatic heterocycles. The molecule has 3 rings (SSSR count). The third-order valence-electron chi connectivity index (χ3n) is 4.35. The van der Waals surface area contributed by atoms with Crippen LogP contribution in [0, 0.1) is 19.7 Å². The first-order valence-corrected chi connectivity index (χ1v) is 8.47. The van der Waals surface area contributed by atoms with Gasteiger partial charge in [-0.1, -0.05) is 83.9 Å². The molecule has 0 heterocycles. The Labute approximate surface area is 155 Å². The Balaban J connectivity index is 2.08. The lowest BCUT2D eigenvalue weighted by Crippen LogP contribution is -2.11. The van der Waals surface area contributed by atoms with Crippen LogP contribution < -0.4 is 0 Å². The maximum Gasteiger partial charge on any atom is 0.419 e. The molecule has 0 aliphatic carbocycles. The van der Waals surface area contributed by atoms with E-state index in [0.29, 0.717) is 5.56 Å². The van der Waals surface area contributed by atoms with Gasteiger partial charge in [0.2, 0.25) is 0 Å². The molecule has 3 aromatic carbocycles. The molecule has 27 heavy (non-hydrogen) atoms. The largest absolute Gasteiger partial charge is 0.419 e. The van der Waals surface area contributed by atoms with Crippen LogP contribution in [-0.4, -0.2) is 0 Å². The van der Waals surface area contributed by atoms with Crippen molar-refractivity contribution in [3.8, 4) is 11.1 Å². The number of hydrogen-bond donors (Lipinski definition) is 0. The van der Waals surface area contributed by atoms with Crippen LogP contribution in [0.2, 0.25) is 0 Å². The average Bonchev–Trinajstić information content (AvgIpc) is 2.61. The number of hydrogen-bond acceptors (Lipinski definition) is 0. The van der Waals surface area contributed by atoms with E-state index >= 15 is 0 Å². The molecule has 0 unspecified atom stereocenters. The lowest BCUT2D eigenvalue weighted by molar-refractivity contribution is -0.140. The second-order valence-electron chi connectivity index (χ2n) is 6.50. The number of alkyl halides is 3. The molecule has 0 aliphatic rings. The van der Waals surface area contributed by atoms with Crippen molar-refractivity contribution in [3.05, 3.63) is 94.3 Å². The Bertz CT molecular complexity index is 963. The predicted octanol–water partition coefficient (Wildman–Crippen LogP) is 7.30. The van der Waals surface area contributed by atoms with Crippen molar-refractivity contribution in [1.82, 2.24) is 0 Å². The Hall–Kier alpha value is -2.88. The van der Waals surface area contributed by atoms with Crippen molar-refractivity contribution in [2.24, 2.45) is 0 Å². The van der Waals surface area contributed by atoms with E-state index in [2.05, 4.69) is 0 Å². The Morgan fingerprint density at radius 1 is 0.704 bits per heavy atom. The SMILES string of the molecule is Cc1ccc(/C=C/c2ccc(-c3ccc(C)cc3)c(F)c2C(F)(F)F)cc1. The first-order valence-electron chi connectivity index (χ1n) is 8.47. The molecule has 4 heteroatoms. The van der Waals surface area contributed by atoms with Crippen LogP contribution in [0.25, 0.3) is 23.3 Å². The quantitative estimate of drug-likeness (QED) is 0.335. The van der Waals surface area contributed by atoms with E-state index < -0.39 is 17.6 Å². The van der Waals surface area contributed by atoms with E-state index in [1.807, 2.05) is 26.0 Å². The summed E-state index contributed by atoms with van der Waals surface area (Å²) >= 11 is 0. The summed E-state index contributed by atoms with van der Waals surface area (Å²) in [6.07, 6.45) is -1.94. The van der Waals surface area contributed by atoms with Crippen LogP contribution in [0.3, 0.4) is 0 Å². The van der Waals surface area contributed by atoms with Gasteiger partial charge in [0.25, 0.3) is 0 Å². The molecule has 0 N–H and O–H groups in total. The summed E-state index contributed by atoms with van der Waals surface area (Å²) in [6, 6.07) is 16.8. The fraction of sp³-hybridized carbons (Fsp3) is 0.130. The minimum Gasteiger partial charge on any atom is -0.206 e. The zero-order chi connectivity index (χ0) is 19.6. The van der Waals surface area contributed by atoms with Gasteiger partial charge in [0.05, 0.1) is 5.56 Å². The maximum absolute atomic E-state index is 14.8. The minimum atomic E-state index is -4.79. The lowest BCUT2D eigenvalue weighted by atomic mass is 9.96. The molecule has 0 atom stereocenters. The molecule has 138 valence electrons. The van der Waals surface area contributed by atoms with Crippen LogP contribution >= 0.6 is 0 Å². The normalized spacial score (nSPS) is 11.9. The van der Waals surface area contributed by atoms with Gasteiger partial charge in [-0.15, -0.1) is 0 Å². The van der Waals surface area contributed by atoms with E-state index in [4.69, 9.17) is 0 Å². The zero-order valence-electron chi connectivity index (χ0n) is 14.9. The summed E-state index contributed by atoms with van der Waals surface area (Å²) < 4.78 is 55.6. The Morgan fingerprint density at radius 2 is 1.26 bits per heavy atom. The van der Waals surface area contributed by atoms with Crippen molar-refractivity contribution in [2.75, 3.05) is 0 Å². The Kier molecular flexibility index (Phi) is 5.17. The van der Waals surface area contributed by atoms with Crippen molar-refractivity contribution < 1.29 is 17.6 Å². The van der Waals surface area contributed by atoms with Gasteiger partial charge >= 0.3 is 6.18 Å². The highest BCUT2D eigenvalue weighted by Crippen LogP contribution is 2.39.